The molecule has 142 valence electrons. The lowest BCUT2D eigenvalue weighted by molar-refractivity contribution is 0.0954. The molecule has 1 rings (SSSR count). The summed E-state index contributed by atoms with van der Waals surface area (Å²) in [6.07, 6.45) is 7.42. The van der Waals surface area contributed by atoms with Crippen molar-refractivity contribution >= 4 is 47.4 Å². The maximum atomic E-state index is 11.9. The van der Waals surface area contributed by atoms with Crippen molar-refractivity contribution in [3.8, 4) is 0 Å². The maximum absolute atomic E-state index is 11.9. The number of aliphatic imine (C=N–C) groups is 1. The molecular formula is C18H30ClIN4O. The maximum Gasteiger partial charge on any atom is 0.252 e. The fraction of sp³-hybridized carbons (Fsp3) is 0.556. The Morgan fingerprint density at radius 3 is 2.44 bits per heavy atom. The molecule has 0 fully saturated rings. The van der Waals surface area contributed by atoms with Crippen LogP contribution in [0.15, 0.2) is 29.3 Å². The SMILES string of the molecule is CCCCCCCCN=C(N)NCCNC(=O)c1ccccc1Cl.I. The van der Waals surface area contributed by atoms with Crippen molar-refractivity contribution in [2.75, 3.05) is 19.6 Å². The van der Waals surface area contributed by atoms with E-state index in [-0.39, 0.29) is 29.9 Å². The molecule has 0 aliphatic carbocycles. The van der Waals surface area contributed by atoms with E-state index in [4.69, 9.17) is 17.3 Å². The third kappa shape index (κ3) is 11.3. The number of rotatable bonds is 11. The number of halogens is 2. The van der Waals surface area contributed by atoms with Crippen LogP contribution in [-0.2, 0) is 0 Å². The van der Waals surface area contributed by atoms with E-state index in [0.29, 0.717) is 29.6 Å². The van der Waals surface area contributed by atoms with Gasteiger partial charge in [0.2, 0.25) is 0 Å². The van der Waals surface area contributed by atoms with Gasteiger partial charge in [0, 0.05) is 19.6 Å². The summed E-state index contributed by atoms with van der Waals surface area (Å²) in [5.41, 5.74) is 6.27. The van der Waals surface area contributed by atoms with Crippen LogP contribution >= 0.6 is 35.6 Å². The first-order valence-electron chi connectivity index (χ1n) is 8.71. The van der Waals surface area contributed by atoms with Gasteiger partial charge in [0.25, 0.3) is 5.91 Å². The highest BCUT2D eigenvalue weighted by Crippen LogP contribution is 2.14. The number of benzene rings is 1. The predicted octanol–water partition coefficient (Wildman–Crippen LogP) is 3.95. The van der Waals surface area contributed by atoms with E-state index in [1.807, 2.05) is 0 Å². The zero-order valence-electron chi connectivity index (χ0n) is 14.9. The number of nitrogens with two attached hydrogens (primary N) is 1. The quantitative estimate of drug-likeness (QED) is 0.194. The minimum absolute atomic E-state index is 0. The van der Waals surface area contributed by atoms with Gasteiger partial charge in [-0.3, -0.25) is 9.79 Å². The average Bonchev–Trinajstić information content (AvgIpc) is 2.58. The smallest absolute Gasteiger partial charge is 0.252 e. The largest absolute Gasteiger partial charge is 0.370 e. The summed E-state index contributed by atoms with van der Waals surface area (Å²) in [7, 11) is 0. The molecule has 0 heterocycles. The molecule has 0 aromatic heterocycles. The van der Waals surface area contributed by atoms with Crippen molar-refractivity contribution in [2.45, 2.75) is 45.4 Å². The van der Waals surface area contributed by atoms with E-state index in [0.717, 1.165) is 13.0 Å². The summed E-state index contributed by atoms with van der Waals surface area (Å²) < 4.78 is 0. The molecule has 7 heteroatoms. The van der Waals surface area contributed by atoms with Gasteiger partial charge in [-0.05, 0) is 18.6 Å². The number of hydrogen-bond acceptors (Lipinski definition) is 2. The molecule has 0 aliphatic rings. The second-order valence-electron chi connectivity index (χ2n) is 5.70. The topological polar surface area (TPSA) is 79.5 Å². The van der Waals surface area contributed by atoms with Gasteiger partial charge in [0.05, 0.1) is 10.6 Å². The van der Waals surface area contributed by atoms with Gasteiger partial charge in [-0.15, -0.1) is 24.0 Å². The molecule has 0 atom stereocenters. The van der Waals surface area contributed by atoms with E-state index in [9.17, 15) is 4.79 Å². The zero-order valence-corrected chi connectivity index (χ0v) is 18.0. The number of carbonyl (C=O) groups excluding carboxylic acids is 1. The summed E-state index contributed by atoms with van der Waals surface area (Å²) in [4.78, 5) is 16.2. The Bertz CT molecular complexity index is 526. The first-order chi connectivity index (χ1) is 11.6. The van der Waals surface area contributed by atoms with Crippen molar-refractivity contribution in [2.24, 2.45) is 10.7 Å². The Kier molecular flexibility index (Phi) is 14.6. The number of hydrogen-bond donors (Lipinski definition) is 3. The summed E-state index contributed by atoms with van der Waals surface area (Å²) in [5.74, 6) is 0.237. The van der Waals surface area contributed by atoms with Gasteiger partial charge in [0.1, 0.15) is 0 Å². The van der Waals surface area contributed by atoms with Gasteiger partial charge in [-0.2, -0.15) is 0 Å². The fourth-order valence-electron chi connectivity index (χ4n) is 2.25. The van der Waals surface area contributed by atoms with Gasteiger partial charge >= 0.3 is 0 Å². The van der Waals surface area contributed by atoms with E-state index >= 15 is 0 Å². The lowest BCUT2D eigenvalue weighted by Gasteiger charge is -2.08. The van der Waals surface area contributed by atoms with Crippen molar-refractivity contribution < 1.29 is 4.79 Å². The highest BCUT2D eigenvalue weighted by Gasteiger charge is 2.08. The molecule has 4 N–H and O–H groups in total. The Labute approximate surface area is 173 Å². The van der Waals surface area contributed by atoms with E-state index in [1.54, 1.807) is 24.3 Å². The predicted molar refractivity (Wildman–Crippen MR) is 117 cm³/mol. The molecule has 0 aliphatic heterocycles. The molecule has 0 spiro atoms. The van der Waals surface area contributed by atoms with Crippen LogP contribution in [0.5, 0.6) is 0 Å². The van der Waals surface area contributed by atoms with Crippen LogP contribution in [-0.4, -0.2) is 31.5 Å². The van der Waals surface area contributed by atoms with Gasteiger partial charge in [-0.1, -0.05) is 62.8 Å². The Balaban J connectivity index is 0.00000576. The second kappa shape index (κ2) is 15.3. The molecule has 25 heavy (non-hydrogen) atoms. The molecule has 0 unspecified atom stereocenters. The summed E-state index contributed by atoms with van der Waals surface area (Å²) in [5, 5.41) is 6.24. The lowest BCUT2D eigenvalue weighted by atomic mass is 10.1. The standard InChI is InChI=1S/C18H29ClN4O.HI/c1-2-3-4-5-6-9-12-22-18(20)23-14-13-21-17(24)15-10-7-8-11-16(15)19;/h7-8,10-11H,2-6,9,12-14H2,1H3,(H,21,24)(H3,20,22,23);1H. The van der Waals surface area contributed by atoms with Crippen LogP contribution < -0.4 is 16.4 Å². The van der Waals surface area contributed by atoms with Gasteiger partial charge in [0.15, 0.2) is 5.96 Å². The number of nitrogens with one attached hydrogen (secondary N) is 2. The van der Waals surface area contributed by atoms with E-state index in [2.05, 4.69) is 22.5 Å². The Hall–Kier alpha value is -1.02. The van der Waals surface area contributed by atoms with Gasteiger partial charge < -0.3 is 16.4 Å². The van der Waals surface area contributed by atoms with Crippen LogP contribution in [0.2, 0.25) is 5.02 Å². The number of unbranched alkanes of at least 4 members (excludes halogenated alkanes) is 5. The monoisotopic (exact) mass is 480 g/mol. The summed E-state index contributed by atoms with van der Waals surface area (Å²) in [6, 6.07) is 6.97. The summed E-state index contributed by atoms with van der Waals surface area (Å²) >= 11 is 5.98. The third-order valence-electron chi connectivity index (χ3n) is 3.63. The Morgan fingerprint density at radius 2 is 1.72 bits per heavy atom. The van der Waals surface area contributed by atoms with Crippen LogP contribution in [0.4, 0.5) is 0 Å². The average molecular weight is 481 g/mol. The van der Waals surface area contributed by atoms with Crippen LogP contribution in [0.1, 0.15) is 55.8 Å². The van der Waals surface area contributed by atoms with Gasteiger partial charge in [-0.25, -0.2) is 0 Å². The molecule has 1 amide bonds. The molecule has 0 saturated heterocycles. The molecule has 1 aromatic carbocycles. The highest BCUT2D eigenvalue weighted by molar-refractivity contribution is 14.0. The number of carbonyl (C=O) groups is 1. The molecular weight excluding hydrogens is 451 g/mol. The van der Waals surface area contributed by atoms with Crippen molar-refractivity contribution in [1.82, 2.24) is 10.6 Å². The zero-order chi connectivity index (χ0) is 17.6. The molecule has 1 aromatic rings. The normalized spacial score (nSPS) is 10.9. The first kappa shape index (κ1) is 24.0. The minimum atomic E-state index is -0.190. The molecule has 0 bridgehead atoms. The van der Waals surface area contributed by atoms with Crippen molar-refractivity contribution in [1.29, 1.82) is 0 Å². The van der Waals surface area contributed by atoms with Crippen molar-refractivity contribution in [3.63, 3.8) is 0 Å². The molecule has 5 nitrogen and oxygen atoms in total. The third-order valence-corrected chi connectivity index (χ3v) is 3.96. The number of amides is 1. The van der Waals surface area contributed by atoms with Crippen LogP contribution in [0.25, 0.3) is 0 Å². The van der Waals surface area contributed by atoms with Crippen molar-refractivity contribution in [3.05, 3.63) is 34.9 Å². The first-order valence-corrected chi connectivity index (χ1v) is 9.09. The summed E-state index contributed by atoms with van der Waals surface area (Å²) in [6.45, 7) is 3.95. The fourth-order valence-corrected chi connectivity index (χ4v) is 2.48. The van der Waals surface area contributed by atoms with E-state index in [1.165, 1.54) is 32.1 Å². The highest BCUT2D eigenvalue weighted by atomic mass is 127. The minimum Gasteiger partial charge on any atom is -0.370 e. The second-order valence-corrected chi connectivity index (χ2v) is 6.10. The molecule has 0 saturated carbocycles. The van der Waals surface area contributed by atoms with Crippen LogP contribution in [0, 0.1) is 0 Å². The number of nitrogens with zero attached hydrogens (tertiary/aromatic N) is 1. The Morgan fingerprint density at radius 1 is 1.08 bits per heavy atom. The number of guanidine groups is 1. The lowest BCUT2D eigenvalue weighted by Crippen LogP contribution is -2.38. The molecule has 0 radical (unpaired) electrons. The van der Waals surface area contributed by atoms with Crippen LogP contribution in [0.3, 0.4) is 0 Å². The van der Waals surface area contributed by atoms with E-state index < -0.39 is 0 Å².